The Bertz CT molecular complexity index is 409. The fourth-order valence-corrected chi connectivity index (χ4v) is 1.52. The van der Waals surface area contributed by atoms with Gasteiger partial charge in [-0.25, -0.2) is 4.98 Å². The highest BCUT2D eigenvalue weighted by Gasteiger charge is 2.12. The van der Waals surface area contributed by atoms with Crippen molar-refractivity contribution in [3.05, 3.63) is 48.0 Å². The van der Waals surface area contributed by atoms with Crippen LogP contribution in [0, 0.1) is 0 Å². The Morgan fingerprint density at radius 3 is 2.79 bits per heavy atom. The van der Waals surface area contributed by atoms with E-state index < -0.39 is 0 Å². The molecule has 14 heavy (non-hydrogen) atoms. The van der Waals surface area contributed by atoms with Crippen molar-refractivity contribution in [3.63, 3.8) is 0 Å². The maximum atomic E-state index is 9.65. The van der Waals surface area contributed by atoms with E-state index in [1.807, 2.05) is 25.1 Å². The molecule has 2 aromatic rings. The fraction of sp³-hybridized carbons (Fsp3) is 0.182. The van der Waals surface area contributed by atoms with Gasteiger partial charge in [-0.15, -0.1) is 0 Å². The smallest absolute Gasteiger partial charge is 0.119 e. The van der Waals surface area contributed by atoms with E-state index in [4.69, 9.17) is 0 Å². The first-order valence-electron chi connectivity index (χ1n) is 4.55. The number of aromatic nitrogens is 2. The summed E-state index contributed by atoms with van der Waals surface area (Å²) < 4.78 is 0. The number of hydrogen-bond donors (Lipinski definition) is 2. The van der Waals surface area contributed by atoms with E-state index in [1.165, 1.54) is 0 Å². The number of nitrogens with zero attached hydrogens (tertiary/aromatic N) is 1. The van der Waals surface area contributed by atoms with Crippen LogP contribution in [0.5, 0.6) is 5.75 Å². The van der Waals surface area contributed by atoms with Gasteiger partial charge in [0.05, 0.1) is 6.33 Å². The topological polar surface area (TPSA) is 48.9 Å². The standard InChI is InChI=1S/C11H12N2O/c1-8(10-6-12-7-13-10)9-4-2-3-5-11(9)14/h2-8,14H,1H3,(H,12,13)/t8-/m1/s1. The Hall–Kier alpha value is -1.77. The van der Waals surface area contributed by atoms with E-state index in [1.54, 1.807) is 18.6 Å². The van der Waals surface area contributed by atoms with Gasteiger partial charge in [-0.2, -0.15) is 0 Å². The molecular formula is C11H12N2O. The van der Waals surface area contributed by atoms with Crippen LogP contribution in [0.25, 0.3) is 0 Å². The minimum atomic E-state index is 0.138. The zero-order valence-corrected chi connectivity index (χ0v) is 7.94. The Morgan fingerprint density at radius 1 is 1.36 bits per heavy atom. The third-order valence-corrected chi connectivity index (χ3v) is 2.39. The number of nitrogens with one attached hydrogen (secondary N) is 1. The summed E-state index contributed by atoms with van der Waals surface area (Å²) in [5, 5.41) is 9.65. The van der Waals surface area contributed by atoms with Crippen LogP contribution >= 0.6 is 0 Å². The minimum Gasteiger partial charge on any atom is -0.508 e. The van der Waals surface area contributed by atoms with E-state index in [9.17, 15) is 5.11 Å². The molecular weight excluding hydrogens is 176 g/mol. The summed E-state index contributed by atoms with van der Waals surface area (Å²) >= 11 is 0. The lowest BCUT2D eigenvalue weighted by molar-refractivity contribution is 0.466. The maximum Gasteiger partial charge on any atom is 0.119 e. The molecule has 0 saturated carbocycles. The van der Waals surface area contributed by atoms with Crippen molar-refractivity contribution < 1.29 is 5.11 Å². The van der Waals surface area contributed by atoms with Crippen molar-refractivity contribution in [2.24, 2.45) is 0 Å². The van der Waals surface area contributed by atoms with E-state index >= 15 is 0 Å². The van der Waals surface area contributed by atoms with Gasteiger partial charge < -0.3 is 10.1 Å². The van der Waals surface area contributed by atoms with Crippen LogP contribution in [0.15, 0.2) is 36.8 Å². The van der Waals surface area contributed by atoms with Crippen LogP contribution in [-0.4, -0.2) is 15.1 Å². The first kappa shape index (κ1) is 8.81. The number of phenolic OH excluding ortho intramolecular Hbond substituents is 1. The second-order valence-corrected chi connectivity index (χ2v) is 3.29. The first-order chi connectivity index (χ1) is 6.79. The number of H-pyrrole nitrogens is 1. The predicted octanol–water partition coefficient (Wildman–Crippen LogP) is 2.27. The molecule has 3 heteroatoms. The van der Waals surface area contributed by atoms with Crippen molar-refractivity contribution in [1.82, 2.24) is 9.97 Å². The molecule has 0 saturated heterocycles. The molecule has 0 unspecified atom stereocenters. The molecule has 2 rings (SSSR count). The van der Waals surface area contributed by atoms with E-state index in [-0.39, 0.29) is 5.92 Å². The summed E-state index contributed by atoms with van der Waals surface area (Å²) in [4.78, 5) is 7.00. The average molecular weight is 188 g/mol. The highest BCUT2D eigenvalue weighted by Crippen LogP contribution is 2.28. The van der Waals surface area contributed by atoms with Gasteiger partial charge >= 0.3 is 0 Å². The molecule has 2 N–H and O–H groups in total. The fourth-order valence-electron chi connectivity index (χ4n) is 1.52. The molecule has 0 aliphatic carbocycles. The second-order valence-electron chi connectivity index (χ2n) is 3.29. The third kappa shape index (κ3) is 1.48. The van der Waals surface area contributed by atoms with Crippen LogP contribution in [0.3, 0.4) is 0 Å². The minimum absolute atomic E-state index is 0.138. The van der Waals surface area contributed by atoms with Crippen LogP contribution in [-0.2, 0) is 0 Å². The predicted molar refractivity (Wildman–Crippen MR) is 54.2 cm³/mol. The molecule has 0 bridgehead atoms. The summed E-state index contributed by atoms with van der Waals surface area (Å²) in [6.07, 6.45) is 3.42. The molecule has 0 spiro atoms. The third-order valence-electron chi connectivity index (χ3n) is 2.39. The van der Waals surface area contributed by atoms with Crippen molar-refractivity contribution in [2.75, 3.05) is 0 Å². The van der Waals surface area contributed by atoms with Crippen molar-refractivity contribution >= 4 is 0 Å². The number of benzene rings is 1. The lowest BCUT2D eigenvalue weighted by Crippen LogP contribution is -1.96. The summed E-state index contributed by atoms with van der Waals surface area (Å²) in [5.41, 5.74) is 1.92. The van der Waals surface area contributed by atoms with Crippen LogP contribution in [0.1, 0.15) is 24.1 Å². The molecule has 1 aromatic carbocycles. The average Bonchev–Trinajstić information content (AvgIpc) is 2.70. The molecule has 0 aliphatic rings. The number of hydrogen-bond acceptors (Lipinski definition) is 2. The van der Waals surface area contributed by atoms with Crippen LogP contribution in [0.4, 0.5) is 0 Å². The van der Waals surface area contributed by atoms with Gasteiger partial charge in [0.25, 0.3) is 0 Å². The van der Waals surface area contributed by atoms with E-state index in [0.29, 0.717) is 5.75 Å². The monoisotopic (exact) mass is 188 g/mol. The number of aromatic hydroxyl groups is 1. The zero-order chi connectivity index (χ0) is 9.97. The van der Waals surface area contributed by atoms with Gasteiger partial charge in [0.15, 0.2) is 0 Å². The van der Waals surface area contributed by atoms with Gasteiger partial charge in [0.2, 0.25) is 0 Å². The molecule has 0 aliphatic heterocycles. The number of imidazole rings is 1. The quantitative estimate of drug-likeness (QED) is 0.759. The van der Waals surface area contributed by atoms with Crippen molar-refractivity contribution in [2.45, 2.75) is 12.8 Å². The lowest BCUT2D eigenvalue weighted by atomic mass is 9.97. The van der Waals surface area contributed by atoms with E-state index in [2.05, 4.69) is 9.97 Å². The number of aromatic amines is 1. The molecule has 0 amide bonds. The summed E-state index contributed by atoms with van der Waals surface area (Å²) in [6.45, 7) is 2.03. The maximum absolute atomic E-state index is 9.65. The van der Waals surface area contributed by atoms with E-state index in [0.717, 1.165) is 11.3 Å². The van der Waals surface area contributed by atoms with Gasteiger partial charge in [0, 0.05) is 23.4 Å². The van der Waals surface area contributed by atoms with Gasteiger partial charge in [0.1, 0.15) is 5.75 Å². The van der Waals surface area contributed by atoms with Gasteiger partial charge in [-0.3, -0.25) is 0 Å². The number of phenols is 1. The SMILES string of the molecule is C[C@@H](c1cnc[nH]1)c1ccccc1O. The first-order valence-corrected chi connectivity index (χ1v) is 4.55. The zero-order valence-electron chi connectivity index (χ0n) is 7.94. The Balaban J connectivity index is 2.37. The Morgan fingerprint density at radius 2 is 2.14 bits per heavy atom. The Labute approximate surface area is 82.4 Å². The van der Waals surface area contributed by atoms with Crippen molar-refractivity contribution in [3.8, 4) is 5.75 Å². The number of para-hydroxylation sites is 1. The van der Waals surface area contributed by atoms with Crippen LogP contribution < -0.4 is 0 Å². The molecule has 0 fully saturated rings. The van der Waals surface area contributed by atoms with Gasteiger partial charge in [-0.05, 0) is 6.07 Å². The molecule has 3 nitrogen and oxygen atoms in total. The van der Waals surface area contributed by atoms with Gasteiger partial charge in [-0.1, -0.05) is 25.1 Å². The number of rotatable bonds is 2. The molecule has 1 heterocycles. The van der Waals surface area contributed by atoms with Crippen LogP contribution in [0.2, 0.25) is 0 Å². The largest absolute Gasteiger partial charge is 0.508 e. The second kappa shape index (κ2) is 3.54. The molecule has 0 radical (unpaired) electrons. The molecule has 72 valence electrons. The highest BCUT2D eigenvalue weighted by atomic mass is 16.3. The summed E-state index contributed by atoms with van der Waals surface area (Å²) in [7, 11) is 0. The summed E-state index contributed by atoms with van der Waals surface area (Å²) in [6, 6.07) is 7.35. The highest BCUT2D eigenvalue weighted by molar-refractivity contribution is 5.38. The normalized spacial score (nSPS) is 12.6. The van der Waals surface area contributed by atoms with Crippen molar-refractivity contribution in [1.29, 1.82) is 0 Å². The lowest BCUT2D eigenvalue weighted by Gasteiger charge is -2.10. The Kier molecular flexibility index (Phi) is 2.23. The molecule has 1 atom stereocenters. The molecule has 1 aromatic heterocycles. The summed E-state index contributed by atoms with van der Waals surface area (Å²) in [5.74, 6) is 0.466.